The molecule has 0 spiro atoms. The number of anilines is 1. The van der Waals surface area contributed by atoms with E-state index in [-0.39, 0.29) is 0 Å². The highest BCUT2D eigenvalue weighted by Crippen LogP contribution is 2.36. The molecule has 0 radical (unpaired) electrons. The van der Waals surface area contributed by atoms with Crippen LogP contribution in [0, 0.1) is 0 Å². The molecule has 108 valence electrons. The summed E-state index contributed by atoms with van der Waals surface area (Å²) in [6.45, 7) is 1.45. The van der Waals surface area contributed by atoms with Crippen molar-refractivity contribution in [3.63, 3.8) is 0 Å². The van der Waals surface area contributed by atoms with Gasteiger partial charge in [0.2, 0.25) is 0 Å². The van der Waals surface area contributed by atoms with Crippen LogP contribution in [0.5, 0.6) is 0 Å². The van der Waals surface area contributed by atoms with Crippen molar-refractivity contribution in [1.29, 1.82) is 0 Å². The molecule has 1 aliphatic rings. The predicted molar refractivity (Wildman–Crippen MR) is 84.7 cm³/mol. The molecule has 0 unspecified atom stereocenters. The molecule has 0 aliphatic carbocycles. The van der Waals surface area contributed by atoms with Crippen LogP contribution in [0.2, 0.25) is 5.02 Å². The monoisotopic (exact) mass is 358 g/mol. The molecule has 5 nitrogen and oxygen atoms in total. The number of aromatic nitrogens is 1. The summed E-state index contributed by atoms with van der Waals surface area (Å²) in [4.78, 5) is 21.9. The first-order chi connectivity index (χ1) is 9.62. The lowest BCUT2D eigenvalue weighted by Crippen LogP contribution is -2.45. The summed E-state index contributed by atoms with van der Waals surface area (Å²) >= 11 is 9.68. The lowest BCUT2D eigenvalue weighted by molar-refractivity contribution is -0.112. The molecule has 1 saturated heterocycles. The fourth-order valence-electron chi connectivity index (χ4n) is 2.29. The maximum Gasteiger partial charge on any atom is 0.147 e. The van der Waals surface area contributed by atoms with Crippen LogP contribution in [0.4, 0.5) is 5.69 Å². The molecular formula is C13H16BrClN4O. The summed E-state index contributed by atoms with van der Waals surface area (Å²) < 4.78 is 0.863. The van der Waals surface area contributed by atoms with Gasteiger partial charge in [-0.25, -0.2) is 0 Å². The zero-order valence-corrected chi connectivity index (χ0v) is 13.5. The predicted octanol–water partition coefficient (Wildman–Crippen LogP) is 2.28. The third-order valence-corrected chi connectivity index (χ3v) is 4.30. The van der Waals surface area contributed by atoms with Crippen LogP contribution in [0.25, 0.3) is 0 Å². The molecule has 1 aliphatic heterocycles. The minimum absolute atomic E-state index is 0.608. The van der Waals surface area contributed by atoms with Crippen LogP contribution in [-0.2, 0) is 4.79 Å². The van der Waals surface area contributed by atoms with Crippen LogP contribution in [-0.4, -0.2) is 43.3 Å². The van der Waals surface area contributed by atoms with Crippen molar-refractivity contribution in [3.8, 4) is 0 Å². The Morgan fingerprint density at radius 3 is 2.75 bits per heavy atom. The molecule has 2 rings (SSSR count). The van der Waals surface area contributed by atoms with E-state index in [9.17, 15) is 4.79 Å². The van der Waals surface area contributed by atoms with Gasteiger partial charge in [-0.1, -0.05) is 11.6 Å². The number of hydrogen-bond donors (Lipinski definition) is 1. The SMILES string of the molecule is CN/C=N\C1(C=O)CCN(c2c(Cl)cncc2Br)CC1. The number of piperidine rings is 1. The van der Waals surface area contributed by atoms with Gasteiger partial charge in [-0.15, -0.1) is 0 Å². The second kappa shape index (κ2) is 6.54. The molecule has 0 saturated carbocycles. The Hall–Kier alpha value is -1.14. The normalized spacial score (nSPS) is 18.2. The van der Waals surface area contributed by atoms with Gasteiger partial charge in [-0.3, -0.25) is 9.98 Å². The Morgan fingerprint density at radius 1 is 1.50 bits per heavy atom. The molecule has 0 atom stereocenters. The highest BCUT2D eigenvalue weighted by Gasteiger charge is 2.34. The first-order valence-electron chi connectivity index (χ1n) is 6.33. The first-order valence-corrected chi connectivity index (χ1v) is 7.50. The first kappa shape index (κ1) is 15.3. The average Bonchev–Trinajstić information content (AvgIpc) is 2.46. The third kappa shape index (κ3) is 3.12. The van der Waals surface area contributed by atoms with Crippen molar-refractivity contribution in [2.75, 3.05) is 25.0 Å². The molecule has 20 heavy (non-hydrogen) atoms. The van der Waals surface area contributed by atoms with E-state index in [0.717, 1.165) is 29.5 Å². The summed E-state index contributed by atoms with van der Waals surface area (Å²) in [6.07, 6.45) is 7.21. The van der Waals surface area contributed by atoms with Gasteiger partial charge in [-0.05, 0) is 28.8 Å². The number of nitrogens with zero attached hydrogens (tertiary/aromatic N) is 3. The summed E-state index contributed by atoms with van der Waals surface area (Å²) in [5, 5.41) is 3.44. The molecule has 2 heterocycles. The van der Waals surface area contributed by atoms with E-state index in [1.165, 1.54) is 0 Å². The second-order valence-corrected chi connectivity index (χ2v) is 5.97. The van der Waals surface area contributed by atoms with Gasteiger partial charge in [0.15, 0.2) is 0 Å². The van der Waals surface area contributed by atoms with Crippen molar-refractivity contribution < 1.29 is 4.79 Å². The summed E-state index contributed by atoms with van der Waals surface area (Å²) in [5.74, 6) is 0. The highest BCUT2D eigenvalue weighted by molar-refractivity contribution is 9.10. The molecule has 1 aromatic rings. The number of hydrogen-bond acceptors (Lipinski definition) is 4. The van der Waals surface area contributed by atoms with E-state index in [2.05, 4.69) is 36.1 Å². The summed E-state index contributed by atoms with van der Waals surface area (Å²) in [6, 6.07) is 0. The summed E-state index contributed by atoms with van der Waals surface area (Å²) in [7, 11) is 1.77. The molecular weight excluding hydrogens is 344 g/mol. The minimum Gasteiger partial charge on any atom is -0.379 e. The third-order valence-electron chi connectivity index (χ3n) is 3.44. The molecule has 7 heteroatoms. The second-order valence-electron chi connectivity index (χ2n) is 4.71. The number of pyridine rings is 1. The number of halogens is 2. The van der Waals surface area contributed by atoms with Gasteiger partial charge in [0, 0.05) is 32.5 Å². The highest BCUT2D eigenvalue weighted by atomic mass is 79.9. The molecule has 0 amide bonds. The van der Waals surface area contributed by atoms with Gasteiger partial charge in [0.25, 0.3) is 0 Å². The van der Waals surface area contributed by atoms with Crippen LogP contribution in [0.1, 0.15) is 12.8 Å². The van der Waals surface area contributed by atoms with E-state index in [0.29, 0.717) is 17.9 Å². The maximum atomic E-state index is 11.4. The Morgan fingerprint density at radius 2 is 2.20 bits per heavy atom. The van der Waals surface area contributed by atoms with Crippen molar-refractivity contribution in [2.45, 2.75) is 18.4 Å². The van der Waals surface area contributed by atoms with Crippen LogP contribution < -0.4 is 10.2 Å². The lowest BCUT2D eigenvalue weighted by Gasteiger charge is -2.37. The van der Waals surface area contributed by atoms with Gasteiger partial charge < -0.3 is 15.0 Å². The lowest BCUT2D eigenvalue weighted by atomic mass is 9.89. The van der Waals surface area contributed by atoms with E-state index >= 15 is 0 Å². The number of carbonyl (C=O) groups excluding carboxylic acids is 1. The number of nitrogens with one attached hydrogen (secondary N) is 1. The van der Waals surface area contributed by atoms with Gasteiger partial charge in [-0.2, -0.15) is 0 Å². The zero-order valence-electron chi connectivity index (χ0n) is 11.1. The van der Waals surface area contributed by atoms with Crippen molar-refractivity contribution in [2.24, 2.45) is 4.99 Å². The fraction of sp³-hybridized carbons (Fsp3) is 0.462. The minimum atomic E-state index is -0.620. The topological polar surface area (TPSA) is 57.6 Å². The van der Waals surface area contributed by atoms with Crippen molar-refractivity contribution in [1.82, 2.24) is 10.3 Å². The number of rotatable bonds is 4. The Bertz CT molecular complexity index is 495. The zero-order chi connectivity index (χ0) is 14.6. The van der Waals surface area contributed by atoms with Crippen LogP contribution in [0.3, 0.4) is 0 Å². The van der Waals surface area contributed by atoms with Gasteiger partial charge in [0.1, 0.15) is 11.8 Å². The fourth-order valence-corrected chi connectivity index (χ4v) is 3.27. The van der Waals surface area contributed by atoms with Gasteiger partial charge in [0.05, 0.1) is 21.5 Å². The standard InChI is InChI=1S/C13H16BrClN4O/c1-16-9-18-13(8-20)2-4-19(5-3-13)12-10(14)6-17-7-11(12)15/h6-9H,2-5H2,1H3,(H,16,18). The largest absolute Gasteiger partial charge is 0.379 e. The number of aliphatic imine (C=N–C) groups is 1. The maximum absolute atomic E-state index is 11.4. The van der Waals surface area contributed by atoms with E-state index in [4.69, 9.17) is 11.6 Å². The molecule has 1 fully saturated rings. The quantitative estimate of drug-likeness (QED) is 0.509. The van der Waals surface area contributed by atoms with Crippen LogP contribution in [0.15, 0.2) is 21.9 Å². The van der Waals surface area contributed by atoms with Crippen LogP contribution >= 0.6 is 27.5 Å². The van der Waals surface area contributed by atoms with E-state index in [1.807, 2.05) is 0 Å². The molecule has 0 aromatic carbocycles. The van der Waals surface area contributed by atoms with E-state index in [1.54, 1.807) is 25.8 Å². The smallest absolute Gasteiger partial charge is 0.147 e. The Balaban J connectivity index is 2.15. The van der Waals surface area contributed by atoms with E-state index < -0.39 is 5.54 Å². The summed E-state index contributed by atoms with van der Waals surface area (Å²) in [5.41, 5.74) is 0.310. The molecule has 0 bridgehead atoms. The molecule has 1 aromatic heterocycles. The Kier molecular flexibility index (Phi) is 4.99. The number of carbonyl (C=O) groups is 1. The van der Waals surface area contributed by atoms with Gasteiger partial charge >= 0.3 is 0 Å². The number of aldehydes is 1. The Labute approximate surface area is 131 Å². The van der Waals surface area contributed by atoms with Crippen molar-refractivity contribution in [3.05, 3.63) is 21.9 Å². The average molecular weight is 360 g/mol. The molecule has 1 N–H and O–H groups in total. The van der Waals surface area contributed by atoms with Crippen molar-refractivity contribution >= 4 is 45.8 Å².